The van der Waals surface area contributed by atoms with Crippen molar-refractivity contribution in [1.29, 1.82) is 0 Å². The van der Waals surface area contributed by atoms with Crippen molar-refractivity contribution in [2.45, 2.75) is 0 Å². The molecule has 9 rings (SSSR count). The maximum Gasteiger partial charge on any atom is 0.164 e. The van der Waals surface area contributed by atoms with E-state index in [-0.39, 0.29) is 0 Å². The van der Waals surface area contributed by atoms with Crippen LogP contribution in [0.4, 0.5) is 0 Å². The van der Waals surface area contributed by atoms with Gasteiger partial charge in [0.15, 0.2) is 17.5 Å². The van der Waals surface area contributed by atoms with Crippen LogP contribution in [-0.4, -0.2) is 15.0 Å². The summed E-state index contributed by atoms with van der Waals surface area (Å²) in [6, 6.07) is 56.2. The molecule has 0 fully saturated rings. The van der Waals surface area contributed by atoms with E-state index in [0.717, 1.165) is 66.8 Å². The first kappa shape index (κ1) is 27.0. The summed E-state index contributed by atoms with van der Waals surface area (Å²) in [7, 11) is 0. The minimum atomic E-state index is 0.620. The quantitative estimate of drug-likeness (QED) is 0.197. The van der Waals surface area contributed by atoms with Crippen molar-refractivity contribution in [1.82, 2.24) is 15.0 Å². The second-order valence-electron chi connectivity index (χ2n) is 11.6. The topological polar surface area (TPSA) is 47.9 Å². The van der Waals surface area contributed by atoms with E-state index in [1.807, 2.05) is 48.5 Å². The van der Waals surface area contributed by atoms with E-state index in [2.05, 4.69) is 115 Å². The lowest BCUT2D eigenvalue weighted by molar-refractivity contribution is 0.487. The zero-order valence-corrected chi connectivity index (χ0v) is 25.3. The van der Waals surface area contributed by atoms with Crippen molar-refractivity contribution in [3.63, 3.8) is 0 Å². The summed E-state index contributed by atoms with van der Waals surface area (Å²) in [5.41, 5.74) is 9.60. The number of nitrogens with zero attached hydrogens (tertiary/aromatic N) is 3. The van der Waals surface area contributed by atoms with E-state index in [9.17, 15) is 0 Å². The second kappa shape index (κ2) is 11.2. The van der Waals surface area contributed by atoms with E-state index >= 15 is 0 Å². The lowest BCUT2D eigenvalue weighted by Gasteiger charge is -2.23. The van der Waals surface area contributed by atoms with Gasteiger partial charge < -0.3 is 4.74 Å². The number of rotatable bonds is 5. The highest BCUT2D eigenvalue weighted by atomic mass is 16.5. The summed E-state index contributed by atoms with van der Waals surface area (Å²) in [6.07, 6.45) is 0. The molecule has 4 nitrogen and oxygen atoms in total. The minimum Gasteiger partial charge on any atom is -0.456 e. The molecule has 0 unspecified atom stereocenters. The predicted molar refractivity (Wildman–Crippen MR) is 190 cm³/mol. The molecule has 8 aromatic rings. The zero-order chi connectivity index (χ0) is 31.2. The molecule has 4 heteroatoms. The first-order valence-corrected chi connectivity index (χ1v) is 15.7. The van der Waals surface area contributed by atoms with Crippen LogP contribution in [0.1, 0.15) is 0 Å². The Morgan fingerprint density at radius 1 is 0.319 bits per heavy atom. The molecule has 1 aliphatic rings. The van der Waals surface area contributed by atoms with Crippen LogP contribution in [0.2, 0.25) is 0 Å². The molecule has 0 atom stereocenters. The SMILES string of the molecule is c1ccc(-c2ccc(-c3nc(-c4ccccc4)nc(-c4ccc5c6c(cccc46)-c4ccc(-c6ccccc6)cc4O5)n3)cc2)cc1. The second-order valence-corrected chi connectivity index (χ2v) is 11.6. The van der Waals surface area contributed by atoms with Crippen molar-refractivity contribution >= 4 is 10.8 Å². The first-order valence-electron chi connectivity index (χ1n) is 15.7. The van der Waals surface area contributed by atoms with Gasteiger partial charge in [0.1, 0.15) is 11.5 Å². The van der Waals surface area contributed by atoms with Gasteiger partial charge in [-0.3, -0.25) is 0 Å². The standard InChI is InChI=1S/C43H27N3O/c1-4-11-28(12-5-1)30-19-21-32(22-20-30)42-44-41(31-15-8-3-9-16-31)45-43(46-42)37-25-26-38-40-35(17-10-18-36(37)40)34-24-23-33(27-39(34)47-38)29-13-6-2-7-14-29/h1-27H. The van der Waals surface area contributed by atoms with Gasteiger partial charge >= 0.3 is 0 Å². The van der Waals surface area contributed by atoms with Crippen molar-refractivity contribution in [2.24, 2.45) is 0 Å². The summed E-state index contributed by atoms with van der Waals surface area (Å²) < 4.78 is 6.58. The highest BCUT2D eigenvalue weighted by molar-refractivity contribution is 6.09. The van der Waals surface area contributed by atoms with E-state index < -0.39 is 0 Å². The van der Waals surface area contributed by atoms with Crippen molar-refractivity contribution in [3.8, 4) is 79.0 Å². The van der Waals surface area contributed by atoms with Crippen LogP contribution in [0.25, 0.3) is 78.3 Å². The Hall–Kier alpha value is -6.39. The number of benzene rings is 7. The molecule has 0 aliphatic carbocycles. The molecular formula is C43H27N3O. The Balaban J connectivity index is 1.18. The number of hydrogen-bond donors (Lipinski definition) is 0. The lowest BCUT2D eigenvalue weighted by atomic mass is 9.91. The average Bonchev–Trinajstić information content (AvgIpc) is 3.16. The number of fused-ring (bicyclic) bond motifs is 2. The first-order chi connectivity index (χ1) is 23.3. The van der Waals surface area contributed by atoms with Crippen molar-refractivity contribution < 1.29 is 4.74 Å². The number of aromatic nitrogens is 3. The van der Waals surface area contributed by atoms with Gasteiger partial charge in [-0.25, -0.2) is 15.0 Å². The van der Waals surface area contributed by atoms with Crippen LogP contribution >= 0.6 is 0 Å². The predicted octanol–water partition coefficient (Wildman–Crippen LogP) is 11.1. The van der Waals surface area contributed by atoms with Crippen LogP contribution in [0.5, 0.6) is 11.5 Å². The van der Waals surface area contributed by atoms with Gasteiger partial charge in [-0.1, -0.05) is 140 Å². The fraction of sp³-hybridized carbons (Fsp3) is 0. The highest BCUT2D eigenvalue weighted by Gasteiger charge is 2.23. The minimum absolute atomic E-state index is 0.620. The van der Waals surface area contributed by atoms with Crippen LogP contribution in [0.3, 0.4) is 0 Å². The summed E-state index contributed by atoms with van der Waals surface area (Å²) in [5, 5.41) is 2.09. The van der Waals surface area contributed by atoms with Crippen molar-refractivity contribution in [2.75, 3.05) is 0 Å². The van der Waals surface area contributed by atoms with E-state index in [1.165, 1.54) is 5.56 Å². The van der Waals surface area contributed by atoms with Crippen molar-refractivity contribution in [3.05, 3.63) is 164 Å². The molecule has 0 bridgehead atoms. The van der Waals surface area contributed by atoms with Gasteiger partial charge in [-0.05, 0) is 57.5 Å². The van der Waals surface area contributed by atoms with Crippen LogP contribution in [-0.2, 0) is 0 Å². The lowest BCUT2D eigenvalue weighted by Crippen LogP contribution is -2.02. The summed E-state index contributed by atoms with van der Waals surface area (Å²) >= 11 is 0. The third kappa shape index (κ3) is 4.84. The molecular weight excluding hydrogens is 574 g/mol. The Kier molecular flexibility index (Phi) is 6.43. The smallest absolute Gasteiger partial charge is 0.164 e. The summed E-state index contributed by atoms with van der Waals surface area (Å²) in [4.78, 5) is 15.1. The van der Waals surface area contributed by atoms with Gasteiger partial charge in [0.2, 0.25) is 0 Å². The van der Waals surface area contributed by atoms with Gasteiger partial charge in [0.25, 0.3) is 0 Å². The molecule has 7 aromatic carbocycles. The van der Waals surface area contributed by atoms with Gasteiger partial charge in [0.05, 0.1) is 0 Å². The van der Waals surface area contributed by atoms with E-state index in [1.54, 1.807) is 0 Å². The summed E-state index contributed by atoms with van der Waals surface area (Å²) in [5.74, 6) is 3.56. The van der Waals surface area contributed by atoms with E-state index in [0.29, 0.717) is 17.5 Å². The molecule has 0 saturated heterocycles. The average molecular weight is 602 g/mol. The highest BCUT2D eigenvalue weighted by Crippen LogP contribution is 2.49. The molecule has 0 radical (unpaired) electrons. The Morgan fingerprint density at radius 2 is 0.830 bits per heavy atom. The molecule has 1 aromatic heterocycles. The fourth-order valence-electron chi connectivity index (χ4n) is 6.42. The maximum absolute atomic E-state index is 6.58. The molecule has 220 valence electrons. The summed E-state index contributed by atoms with van der Waals surface area (Å²) in [6.45, 7) is 0. The molecule has 0 spiro atoms. The largest absolute Gasteiger partial charge is 0.456 e. The van der Waals surface area contributed by atoms with Crippen LogP contribution < -0.4 is 4.74 Å². The Morgan fingerprint density at radius 3 is 1.51 bits per heavy atom. The monoisotopic (exact) mass is 601 g/mol. The number of ether oxygens (including phenoxy) is 1. The molecule has 0 saturated carbocycles. The van der Waals surface area contributed by atoms with E-state index in [4.69, 9.17) is 19.7 Å². The van der Waals surface area contributed by atoms with Gasteiger partial charge in [-0.15, -0.1) is 0 Å². The normalized spacial score (nSPS) is 11.6. The third-order valence-corrected chi connectivity index (χ3v) is 8.76. The zero-order valence-electron chi connectivity index (χ0n) is 25.3. The van der Waals surface area contributed by atoms with Crippen LogP contribution in [0, 0.1) is 0 Å². The third-order valence-electron chi connectivity index (χ3n) is 8.76. The Bertz CT molecular complexity index is 2410. The molecule has 47 heavy (non-hydrogen) atoms. The fourth-order valence-corrected chi connectivity index (χ4v) is 6.42. The number of hydrogen-bond acceptors (Lipinski definition) is 4. The molecule has 2 heterocycles. The molecule has 0 amide bonds. The van der Waals surface area contributed by atoms with Gasteiger partial charge in [0, 0.05) is 27.6 Å². The Labute approximate surface area is 272 Å². The molecule has 1 aliphatic heterocycles. The van der Waals surface area contributed by atoms with Crippen LogP contribution in [0.15, 0.2) is 164 Å². The maximum atomic E-state index is 6.58. The van der Waals surface area contributed by atoms with Gasteiger partial charge in [-0.2, -0.15) is 0 Å². The molecule has 0 N–H and O–H groups in total.